The molecule has 0 radical (unpaired) electrons. The Morgan fingerprint density at radius 2 is 2.00 bits per heavy atom. The summed E-state index contributed by atoms with van der Waals surface area (Å²) in [5.74, 6) is 0.322. The van der Waals surface area contributed by atoms with Crippen LogP contribution >= 0.6 is 27.7 Å². The molecular formula is C17H15BrN2OS. The molecule has 3 nitrogen and oxygen atoms in total. The van der Waals surface area contributed by atoms with E-state index in [1.807, 2.05) is 49.4 Å². The normalized spacial score (nSPS) is 10.0. The molecule has 2 aromatic carbocycles. The average Bonchev–Trinajstić information content (AvgIpc) is 2.49. The smallest absolute Gasteiger partial charge is 0.234 e. The highest BCUT2D eigenvalue weighted by Gasteiger charge is 2.06. The van der Waals surface area contributed by atoms with Gasteiger partial charge in [0.2, 0.25) is 5.91 Å². The van der Waals surface area contributed by atoms with Crippen molar-refractivity contribution in [2.45, 2.75) is 18.2 Å². The Morgan fingerprint density at radius 1 is 1.27 bits per heavy atom. The van der Waals surface area contributed by atoms with Gasteiger partial charge in [-0.2, -0.15) is 5.26 Å². The minimum atomic E-state index is -0.0413. The number of nitriles is 1. The van der Waals surface area contributed by atoms with Crippen LogP contribution < -0.4 is 5.32 Å². The first kappa shape index (κ1) is 16.6. The van der Waals surface area contributed by atoms with E-state index in [1.54, 1.807) is 0 Å². The van der Waals surface area contributed by atoms with Gasteiger partial charge in [-0.1, -0.05) is 28.1 Å². The van der Waals surface area contributed by atoms with Crippen LogP contribution in [-0.2, 0) is 11.2 Å². The summed E-state index contributed by atoms with van der Waals surface area (Å²) in [5, 5.41) is 11.5. The van der Waals surface area contributed by atoms with E-state index in [9.17, 15) is 4.79 Å². The molecule has 0 heterocycles. The minimum Gasteiger partial charge on any atom is -0.325 e. The molecule has 0 aliphatic rings. The number of halogens is 1. The Balaban J connectivity index is 1.89. The molecule has 0 atom stereocenters. The van der Waals surface area contributed by atoms with Crippen molar-refractivity contribution in [1.29, 1.82) is 5.26 Å². The predicted octanol–water partition coefficient (Wildman–Crippen LogP) is 4.55. The highest BCUT2D eigenvalue weighted by atomic mass is 79.9. The number of hydrogen-bond donors (Lipinski definition) is 1. The van der Waals surface area contributed by atoms with E-state index in [4.69, 9.17) is 5.26 Å². The summed E-state index contributed by atoms with van der Waals surface area (Å²) in [5.41, 5.74) is 2.84. The lowest BCUT2D eigenvalue weighted by atomic mass is 10.1. The number of benzene rings is 2. The van der Waals surface area contributed by atoms with Gasteiger partial charge in [0, 0.05) is 15.1 Å². The zero-order chi connectivity index (χ0) is 15.9. The summed E-state index contributed by atoms with van der Waals surface area (Å²) in [6.07, 6.45) is 0.382. The number of hydrogen-bond acceptors (Lipinski definition) is 3. The number of rotatable bonds is 5. The van der Waals surface area contributed by atoms with E-state index in [2.05, 4.69) is 27.3 Å². The maximum atomic E-state index is 12.0. The van der Waals surface area contributed by atoms with Gasteiger partial charge < -0.3 is 5.32 Å². The molecule has 22 heavy (non-hydrogen) atoms. The molecule has 0 spiro atoms. The third kappa shape index (κ3) is 4.90. The number of nitrogens with zero attached hydrogens (tertiary/aromatic N) is 1. The van der Waals surface area contributed by atoms with Crippen molar-refractivity contribution >= 4 is 39.3 Å². The Hall–Kier alpha value is -1.77. The van der Waals surface area contributed by atoms with Gasteiger partial charge in [0.1, 0.15) is 0 Å². The number of thioether (sulfide) groups is 1. The average molecular weight is 375 g/mol. The fraction of sp³-hybridized carbons (Fsp3) is 0.176. The topological polar surface area (TPSA) is 52.9 Å². The van der Waals surface area contributed by atoms with Crippen molar-refractivity contribution in [2.24, 2.45) is 0 Å². The second-order valence-electron chi connectivity index (χ2n) is 4.78. The highest BCUT2D eigenvalue weighted by molar-refractivity contribution is 9.10. The third-order valence-corrected chi connectivity index (χ3v) is 4.69. The van der Waals surface area contributed by atoms with Crippen molar-refractivity contribution in [2.75, 3.05) is 11.1 Å². The van der Waals surface area contributed by atoms with Crippen LogP contribution in [0.1, 0.15) is 11.1 Å². The zero-order valence-electron chi connectivity index (χ0n) is 12.1. The number of amides is 1. The molecule has 0 aliphatic heterocycles. The summed E-state index contributed by atoms with van der Waals surface area (Å²) in [4.78, 5) is 13.1. The molecule has 0 fully saturated rings. The highest BCUT2D eigenvalue weighted by Crippen LogP contribution is 2.25. The Morgan fingerprint density at radius 3 is 2.64 bits per heavy atom. The van der Waals surface area contributed by atoms with Gasteiger partial charge in [0.15, 0.2) is 0 Å². The molecule has 1 amide bonds. The molecule has 0 aromatic heterocycles. The third-order valence-electron chi connectivity index (χ3n) is 3.02. The monoisotopic (exact) mass is 374 g/mol. The Bertz CT molecular complexity index is 708. The van der Waals surface area contributed by atoms with E-state index in [1.165, 1.54) is 11.8 Å². The van der Waals surface area contributed by atoms with Crippen LogP contribution in [-0.4, -0.2) is 11.7 Å². The molecule has 2 rings (SSSR count). The van der Waals surface area contributed by atoms with Gasteiger partial charge in [-0.15, -0.1) is 11.8 Å². The fourth-order valence-corrected chi connectivity index (χ4v) is 3.20. The van der Waals surface area contributed by atoms with E-state index < -0.39 is 0 Å². The lowest BCUT2D eigenvalue weighted by Gasteiger charge is -2.08. The van der Waals surface area contributed by atoms with Crippen LogP contribution in [0.2, 0.25) is 0 Å². The van der Waals surface area contributed by atoms with Crippen LogP contribution in [0.3, 0.4) is 0 Å². The van der Waals surface area contributed by atoms with Gasteiger partial charge >= 0.3 is 0 Å². The van der Waals surface area contributed by atoms with Gasteiger partial charge in [-0.25, -0.2) is 0 Å². The summed E-state index contributed by atoms with van der Waals surface area (Å²) < 4.78 is 1.04. The van der Waals surface area contributed by atoms with Gasteiger partial charge in [-0.05, 0) is 48.4 Å². The quantitative estimate of drug-likeness (QED) is 0.780. The maximum Gasteiger partial charge on any atom is 0.234 e. The van der Waals surface area contributed by atoms with E-state index in [-0.39, 0.29) is 5.91 Å². The van der Waals surface area contributed by atoms with Crippen molar-refractivity contribution < 1.29 is 4.79 Å². The number of nitrogens with one attached hydrogen (secondary N) is 1. The van der Waals surface area contributed by atoms with Crippen molar-refractivity contribution in [3.63, 3.8) is 0 Å². The van der Waals surface area contributed by atoms with Crippen LogP contribution in [0.25, 0.3) is 0 Å². The summed E-state index contributed by atoms with van der Waals surface area (Å²) >= 11 is 4.95. The van der Waals surface area contributed by atoms with Crippen LogP contribution in [0.5, 0.6) is 0 Å². The van der Waals surface area contributed by atoms with Crippen LogP contribution in [0, 0.1) is 18.3 Å². The minimum absolute atomic E-state index is 0.0413. The van der Waals surface area contributed by atoms with Gasteiger partial charge in [-0.3, -0.25) is 4.79 Å². The second-order valence-corrected chi connectivity index (χ2v) is 6.71. The van der Waals surface area contributed by atoms with Crippen LogP contribution in [0.4, 0.5) is 5.69 Å². The van der Waals surface area contributed by atoms with Crippen molar-refractivity contribution in [1.82, 2.24) is 0 Å². The van der Waals surface area contributed by atoms with Gasteiger partial charge in [0.05, 0.1) is 18.2 Å². The molecule has 112 valence electrons. The standard InChI is InChI=1S/C17H15BrN2OS/c1-12-10-14(18)4-7-16(12)22-11-17(21)20-15-5-2-13(3-6-15)8-9-19/h2-7,10H,8,11H2,1H3,(H,20,21). The summed E-state index contributed by atoms with van der Waals surface area (Å²) in [6, 6.07) is 15.5. The second kappa shape index (κ2) is 8.02. The molecule has 0 saturated heterocycles. The maximum absolute atomic E-state index is 12.0. The lowest BCUT2D eigenvalue weighted by molar-refractivity contribution is -0.113. The number of anilines is 1. The lowest BCUT2D eigenvalue weighted by Crippen LogP contribution is -2.14. The van der Waals surface area contributed by atoms with Crippen LogP contribution in [0.15, 0.2) is 51.8 Å². The number of aryl methyl sites for hydroxylation is 1. The molecule has 5 heteroatoms. The molecule has 2 aromatic rings. The number of carbonyl (C=O) groups is 1. The molecule has 0 unspecified atom stereocenters. The first-order valence-corrected chi connectivity index (χ1v) is 8.51. The largest absolute Gasteiger partial charge is 0.325 e. The molecule has 0 aliphatic carbocycles. The van der Waals surface area contributed by atoms with E-state index in [0.717, 1.165) is 26.2 Å². The molecule has 1 N–H and O–H groups in total. The van der Waals surface area contributed by atoms with Crippen molar-refractivity contribution in [3.8, 4) is 6.07 Å². The number of carbonyl (C=O) groups excluding carboxylic acids is 1. The first-order valence-electron chi connectivity index (χ1n) is 6.73. The Labute approximate surface area is 142 Å². The first-order chi connectivity index (χ1) is 10.6. The molecule has 0 saturated carbocycles. The fourth-order valence-electron chi connectivity index (χ4n) is 1.91. The zero-order valence-corrected chi connectivity index (χ0v) is 14.5. The van der Waals surface area contributed by atoms with E-state index >= 15 is 0 Å². The molecular weight excluding hydrogens is 360 g/mol. The predicted molar refractivity (Wildman–Crippen MR) is 94.0 cm³/mol. The van der Waals surface area contributed by atoms with Gasteiger partial charge in [0.25, 0.3) is 0 Å². The molecule has 0 bridgehead atoms. The summed E-state index contributed by atoms with van der Waals surface area (Å²) in [7, 11) is 0. The SMILES string of the molecule is Cc1cc(Br)ccc1SCC(=O)Nc1ccc(CC#N)cc1. The summed E-state index contributed by atoms with van der Waals surface area (Å²) in [6.45, 7) is 2.03. The van der Waals surface area contributed by atoms with E-state index in [0.29, 0.717) is 12.2 Å². The van der Waals surface area contributed by atoms with Crippen molar-refractivity contribution in [3.05, 3.63) is 58.1 Å². The Kier molecular flexibility index (Phi) is 6.05.